The maximum atomic E-state index is 11.3. The highest BCUT2D eigenvalue weighted by Gasteiger charge is 2.36. The Hall–Kier alpha value is -0.350. The van der Waals surface area contributed by atoms with Gasteiger partial charge in [-0.3, -0.25) is 0 Å². The van der Waals surface area contributed by atoms with E-state index >= 15 is 0 Å². The minimum absolute atomic E-state index is 0.507. The van der Waals surface area contributed by atoms with Crippen LogP contribution in [0.5, 0.6) is 0 Å². The van der Waals surface area contributed by atoms with E-state index in [4.69, 9.17) is 5.73 Å². The Balaban J connectivity index is 5.00. The van der Waals surface area contributed by atoms with Gasteiger partial charge in [0.15, 0.2) is 9.84 Å². The molecule has 12 heavy (non-hydrogen) atoms. The summed E-state index contributed by atoms with van der Waals surface area (Å²) in [5, 5.41) is 0. The summed E-state index contributed by atoms with van der Waals surface area (Å²) in [6.07, 6.45) is 1.19. The van der Waals surface area contributed by atoms with E-state index in [0.29, 0.717) is 5.57 Å². The van der Waals surface area contributed by atoms with Crippen molar-refractivity contribution in [2.75, 3.05) is 6.26 Å². The van der Waals surface area contributed by atoms with Crippen LogP contribution < -0.4 is 5.73 Å². The number of hydrogen-bond acceptors (Lipinski definition) is 3. The molecule has 0 saturated heterocycles. The van der Waals surface area contributed by atoms with Gasteiger partial charge in [-0.15, -0.1) is 0 Å². The van der Waals surface area contributed by atoms with Crippen LogP contribution in [0.25, 0.3) is 0 Å². The van der Waals surface area contributed by atoms with Crippen LogP contribution in [0.3, 0.4) is 0 Å². The van der Waals surface area contributed by atoms with Gasteiger partial charge in [-0.05, 0) is 20.8 Å². The van der Waals surface area contributed by atoms with Crippen LogP contribution in [0.15, 0.2) is 12.2 Å². The molecule has 0 radical (unpaired) electrons. The summed E-state index contributed by atoms with van der Waals surface area (Å²) in [5.74, 6) is 0. The molecule has 72 valence electrons. The summed E-state index contributed by atoms with van der Waals surface area (Å²) >= 11 is 0. The first kappa shape index (κ1) is 11.6. The first-order valence-corrected chi connectivity index (χ1v) is 5.60. The second kappa shape index (κ2) is 3.18. The van der Waals surface area contributed by atoms with E-state index in [9.17, 15) is 8.42 Å². The first-order chi connectivity index (χ1) is 5.10. The Morgan fingerprint density at radius 1 is 1.50 bits per heavy atom. The molecule has 1 atom stereocenters. The van der Waals surface area contributed by atoms with Crippen molar-refractivity contribution in [3.8, 4) is 0 Å². The topological polar surface area (TPSA) is 60.2 Å². The largest absolute Gasteiger partial charge is 0.323 e. The van der Waals surface area contributed by atoms with E-state index in [1.54, 1.807) is 20.8 Å². The third-order valence-corrected chi connectivity index (χ3v) is 4.40. The van der Waals surface area contributed by atoms with Crippen LogP contribution in [0.2, 0.25) is 0 Å². The van der Waals surface area contributed by atoms with Gasteiger partial charge in [0, 0.05) is 12.3 Å². The van der Waals surface area contributed by atoms with Gasteiger partial charge in [-0.2, -0.15) is 0 Å². The summed E-state index contributed by atoms with van der Waals surface area (Å²) in [6.45, 7) is 8.60. The van der Waals surface area contributed by atoms with E-state index in [-0.39, 0.29) is 0 Å². The highest BCUT2D eigenvalue weighted by molar-refractivity contribution is 7.92. The van der Waals surface area contributed by atoms with Crippen molar-refractivity contribution >= 4 is 9.84 Å². The lowest BCUT2D eigenvalue weighted by Gasteiger charge is -2.29. The van der Waals surface area contributed by atoms with E-state index in [2.05, 4.69) is 6.58 Å². The van der Waals surface area contributed by atoms with Gasteiger partial charge in [-0.1, -0.05) is 12.2 Å². The van der Waals surface area contributed by atoms with Crippen molar-refractivity contribution in [3.63, 3.8) is 0 Å². The molecule has 3 nitrogen and oxygen atoms in total. The molecule has 0 aliphatic heterocycles. The summed E-state index contributed by atoms with van der Waals surface area (Å²) in [4.78, 5) is 0. The second-order valence-electron chi connectivity index (χ2n) is 3.70. The molecule has 0 bridgehead atoms. The molecule has 0 amide bonds. The minimum atomic E-state index is -3.13. The lowest BCUT2D eigenvalue weighted by Crippen LogP contribution is -2.49. The fourth-order valence-corrected chi connectivity index (χ4v) is 1.49. The Labute approximate surface area is 74.6 Å². The third-order valence-electron chi connectivity index (χ3n) is 2.24. The fourth-order valence-electron chi connectivity index (χ4n) is 0.824. The van der Waals surface area contributed by atoms with Crippen LogP contribution in [0.4, 0.5) is 0 Å². The summed E-state index contributed by atoms with van der Waals surface area (Å²) in [7, 11) is -3.13. The molecule has 0 aromatic rings. The molecule has 0 fully saturated rings. The molecular formula is C8H17NO2S. The standard InChI is InChI=1S/C8H17NO2S/c1-6(2)7(9)8(3,4)12(5,10)11/h7H,1,9H2,2-5H3. The van der Waals surface area contributed by atoms with Gasteiger partial charge in [0.2, 0.25) is 0 Å². The number of sulfone groups is 1. The van der Waals surface area contributed by atoms with Crippen LogP contribution in [-0.4, -0.2) is 25.5 Å². The Bertz CT molecular complexity index is 277. The van der Waals surface area contributed by atoms with Crippen molar-refractivity contribution in [1.29, 1.82) is 0 Å². The molecule has 4 heteroatoms. The monoisotopic (exact) mass is 191 g/mol. The highest BCUT2D eigenvalue weighted by Crippen LogP contribution is 2.22. The average Bonchev–Trinajstić information content (AvgIpc) is 1.83. The van der Waals surface area contributed by atoms with E-state index < -0.39 is 20.6 Å². The van der Waals surface area contributed by atoms with Crippen LogP contribution >= 0.6 is 0 Å². The minimum Gasteiger partial charge on any atom is -0.323 e. The number of nitrogens with two attached hydrogens (primary N) is 1. The van der Waals surface area contributed by atoms with E-state index in [1.165, 1.54) is 6.26 Å². The van der Waals surface area contributed by atoms with Crippen molar-refractivity contribution in [3.05, 3.63) is 12.2 Å². The van der Waals surface area contributed by atoms with Gasteiger partial charge >= 0.3 is 0 Å². The molecule has 0 aromatic carbocycles. The molecule has 0 aliphatic carbocycles. The van der Waals surface area contributed by atoms with Crippen molar-refractivity contribution in [1.82, 2.24) is 0 Å². The molecule has 0 spiro atoms. The zero-order valence-electron chi connectivity index (χ0n) is 8.09. The predicted octanol–water partition coefficient (Wildman–Crippen LogP) is 0.713. The predicted molar refractivity (Wildman–Crippen MR) is 51.7 cm³/mol. The quantitative estimate of drug-likeness (QED) is 0.668. The molecule has 0 aliphatic rings. The Kier molecular flexibility index (Phi) is 3.09. The summed E-state index contributed by atoms with van der Waals surface area (Å²) < 4.78 is 21.6. The van der Waals surface area contributed by atoms with Crippen molar-refractivity contribution in [2.24, 2.45) is 5.73 Å². The highest BCUT2D eigenvalue weighted by atomic mass is 32.2. The zero-order chi connectivity index (χ0) is 10.2. The van der Waals surface area contributed by atoms with Gasteiger partial charge < -0.3 is 5.73 Å². The third kappa shape index (κ3) is 2.08. The average molecular weight is 191 g/mol. The normalized spacial score (nSPS) is 15.8. The molecule has 0 rings (SSSR count). The summed E-state index contributed by atoms with van der Waals surface area (Å²) in [6, 6.07) is -0.507. The maximum Gasteiger partial charge on any atom is 0.154 e. The molecule has 0 aromatic heterocycles. The van der Waals surface area contributed by atoms with Gasteiger partial charge in [-0.25, -0.2) is 8.42 Å². The number of hydrogen-bond donors (Lipinski definition) is 1. The molecule has 0 heterocycles. The molecule has 1 unspecified atom stereocenters. The van der Waals surface area contributed by atoms with Crippen LogP contribution in [0.1, 0.15) is 20.8 Å². The Morgan fingerprint density at radius 2 is 1.83 bits per heavy atom. The molecular weight excluding hydrogens is 174 g/mol. The van der Waals surface area contributed by atoms with Gasteiger partial charge in [0.05, 0.1) is 4.75 Å². The van der Waals surface area contributed by atoms with Crippen LogP contribution in [0, 0.1) is 0 Å². The Morgan fingerprint density at radius 3 is 1.92 bits per heavy atom. The van der Waals surface area contributed by atoms with Gasteiger partial charge in [0.1, 0.15) is 0 Å². The smallest absolute Gasteiger partial charge is 0.154 e. The fraction of sp³-hybridized carbons (Fsp3) is 0.750. The first-order valence-electron chi connectivity index (χ1n) is 3.71. The zero-order valence-corrected chi connectivity index (χ0v) is 8.90. The lowest BCUT2D eigenvalue weighted by atomic mass is 9.98. The van der Waals surface area contributed by atoms with E-state index in [1.807, 2.05) is 0 Å². The summed E-state index contributed by atoms with van der Waals surface area (Å²) in [5.41, 5.74) is 6.39. The lowest BCUT2D eigenvalue weighted by molar-refractivity contribution is 0.516. The SMILES string of the molecule is C=C(C)C(N)C(C)(C)S(C)(=O)=O. The van der Waals surface area contributed by atoms with Crippen molar-refractivity contribution < 1.29 is 8.42 Å². The molecule has 2 N–H and O–H groups in total. The number of rotatable bonds is 3. The maximum absolute atomic E-state index is 11.3. The van der Waals surface area contributed by atoms with Crippen LogP contribution in [-0.2, 0) is 9.84 Å². The van der Waals surface area contributed by atoms with E-state index in [0.717, 1.165) is 0 Å². The van der Waals surface area contributed by atoms with Gasteiger partial charge in [0.25, 0.3) is 0 Å². The van der Waals surface area contributed by atoms with Crippen molar-refractivity contribution in [2.45, 2.75) is 31.6 Å². The second-order valence-corrected chi connectivity index (χ2v) is 6.30. The molecule has 0 saturated carbocycles.